The van der Waals surface area contributed by atoms with Crippen LogP contribution in [0.15, 0.2) is 18.2 Å². The van der Waals surface area contributed by atoms with Gasteiger partial charge in [0.15, 0.2) is 11.6 Å². The van der Waals surface area contributed by atoms with Gasteiger partial charge in [-0.1, -0.05) is 0 Å². The highest BCUT2D eigenvalue weighted by Crippen LogP contribution is 2.24. The van der Waals surface area contributed by atoms with Crippen LogP contribution in [0.2, 0.25) is 0 Å². The van der Waals surface area contributed by atoms with Crippen molar-refractivity contribution >= 4 is 5.69 Å². The minimum Gasteiger partial charge on any atom is -0.432 e. The Morgan fingerprint density at radius 3 is 2.85 bits per heavy atom. The molecule has 112 valence electrons. The number of hydrogen-bond donors (Lipinski definition) is 2. The molecule has 20 heavy (non-hydrogen) atoms. The molecule has 1 saturated heterocycles. The summed E-state index contributed by atoms with van der Waals surface area (Å²) in [5.74, 6) is -1.22. The molecule has 0 aliphatic carbocycles. The average molecular weight is 288 g/mol. The van der Waals surface area contributed by atoms with Crippen LogP contribution in [0.1, 0.15) is 26.2 Å². The van der Waals surface area contributed by atoms with E-state index in [1.54, 1.807) is 6.07 Å². The van der Waals surface area contributed by atoms with Crippen LogP contribution in [0.3, 0.4) is 0 Å². The Labute approximate surface area is 116 Å². The van der Waals surface area contributed by atoms with E-state index in [2.05, 4.69) is 15.4 Å². The number of halogens is 3. The fraction of sp³-hybridized carbons (Fsp3) is 0.571. The summed E-state index contributed by atoms with van der Waals surface area (Å²) < 4.78 is 41.7. The molecule has 0 amide bonds. The van der Waals surface area contributed by atoms with Crippen molar-refractivity contribution in [2.24, 2.45) is 0 Å². The second-order valence-electron chi connectivity index (χ2n) is 5.10. The number of anilines is 1. The van der Waals surface area contributed by atoms with E-state index in [1.807, 2.05) is 6.92 Å². The fourth-order valence-corrected chi connectivity index (χ4v) is 2.51. The highest BCUT2D eigenvalue weighted by atomic mass is 19.3. The molecule has 1 aromatic carbocycles. The van der Waals surface area contributed by atoms with Gasteiger partial charge in [-0.2, -0.15) is 8.78 Å². The minimum absolute atomic E-state index is 0.173. The summed E-state index contributed by atoms with van der Waals surface area (Å²) in [6.07, 6.45) is 3.28. The van der Waals surface area contributed by atoms with Gasteiger partial charge in [-0.15, -0.1) is 0 Å². The first kappa shape index (κ1) is 15.0. The Bertz CT molecular complexity index is 436. The summed E-state index contributed by atoms with van der Waals surface area (Å²) in [7, 11) is 0. The van der Waals surface area contributed by atoms with E-state index in [9.17, 15) is 13.2 Å². The van der Waals surface area contributed by atoms with Crippen LogP contribution in [0.25, 0.3) is 0 Å². The first-order chi connectivity index (χ1) is 9.54. The maximum absolute atomic E-state index is 13.6. The number of benzene rings is 1. The molecule has 3 nitrogen and oxygen atoms in total. The van der Waals surface area contributed by atoms with Crippen molar-refractivity contribution in [1.29, 1.82) is 0 Å². The summed E-state index contributed by atoms with van der Waals surface area (Å²) in [6, 6.07) is 4.59. The van der Waals surface area contributed by atoms with Crippen LogP contribution in [-0.2, 0) is 0 Å². The molecule has 6 heteroatoms. The van der Waals surface area contributed by atoms with Gasteiger partial charge in [0.1, 0.15) is 0 Å². The zero-order chi connectivity index (χ0) is 14.5. The lowest BCUT2D eigenvalue weighted by Gasteiger charge is -2.19. The van der Waals surface area contributed by atoms with Crippen molar-refractivity contribution in [3.63, 3.8) is 0 Å². The third-order valence-corrected chi connectivity index (χ3v) is 3.36. The van der Waals surface area contributed by atoms with E-state index in [-0.39, 0.29) is 6.04 Å². The summed E-state index contributed by atoms with van der Waals surface area (Å²) in [4.78, 5) is 0. The molecular formula is C14H19F3N2O. The van der Waals surface area contributed by atoms with Gasteiger partial charge >= 0.3 is 6.61 Å². The molecule has 2 unspecified atom stereocenters. The maximum Gasteiger partial charge on any atom is 0.387 e. The Hall–Kier alpha value is -1.43. The maximum atomic E-state index is 13.6. The second kappa shape index (κ2) is 6.83. The van der Waals surface area contributed by atoms with E-state index in [4.69, 9.17) is 0 Å². The van der Waals surface area contributed by atoms with Crippen molar-refractivity contribution in [3.8, 4) is 5.75 Å². The lowest BCUT2D eigenvalue weighted by atomic mass is 10.1. The third-order valence-electron chi connectivity index (χ3n) is 3.36. The predicted molar refractivity (Wildman–Crippen MR) is 71.8 cm³/mol. The molecule has 2 rings (SSSR count). The van der Waals surface area contributed by atoms with Crippen LogP contribution in [0.4, 0.5) is 18.9 Å². The third kappa shape index (κ3) is 4.30. The zero-order valence-electron chi connectivity index (χ0n) is 11.3. The molecule has 1 fully saturated rings. The molecule has 1 aliphatic heterocycles. The van der Waals surface area contributed by atoms with Crippen molar-refractivity contribution in [2.75, 3.05) is 11.9 Å². The molecule has 2 N–H and O–H groups in total. The van der Waals surface area contributed by atoms with E-state index in [0.29, 0.717) is 11.7 Å². The van der Waals surface area contributed by atoms with E-state index in [1.165, 1.54) is 18.6 Å². The van der Waals surface area contributed by atoms with Gasteiger partial charge in [-0.3, -0.25) is 0 Å². The number of nitrogens with one attached hydrogen (secondary N) is 2. The highest BCUT2D eigenvalue weighted by Gasteiger charge is 2.17. The first-order valence-corrected chi connectivity index (χ1v) is 6.79. The van der Waals surface area contributed by atoms with Crippen LogP contribution in [0, 0.1) is 5.82 Å². The topological polar surface area (TPSA) is 33.3 Å². The molecule has 0 spiro atoms. The van der Waals surface area contributed by atoms with Gasteiger partial charge in [-0.25, -0.2) is 4.39 Å². The van der Waals surface area contributed by atoms with Gasteiger partial charge in [0, 0.05) is 23.8 Å². The van der Waals surface area contributed by atoms with Gasteiger partial charge in [0.05, 0.1) is 0 Å². The quantitative estimate of drug-likeness (QED) is 0.842. The molecule has 0 aromatic heterocycles. The smallest absolute Gasteiger partial charge is 0.387 e. The van der Waals surface area contributed by atoms with Crippen molar-refractivity contribution in [3.05, 3.63) is 24.0 Å². The summed E-state index contributed by atoms with van der Waals surface area (Å²) in [5, 5.41) is 6.57. The van der Waals surface area contributed by atoms with Gasteiger partial charge in [0.25, 0.3) is 0 Å². The first-order valence-electron chi connectivity index (χ1n) is 6.79. The Kier molecular flexibility index (Phi) is 5.11. The minimum atomic E-state index is -3.02. The number of alkyl halides is 2. The second-order valence-corrected chi connectivity index (χ2v) is 5.10. The summed E-state index contributed by atoms with van der Waals surface area (Å²) >= 11 is 0. The van der Waals surface area contributed by atoms with Crippen LogP contribution in [-0.4, -0.2) is 25.2 Å². The van der Waals surface area contributed by atoms with Gasteiger partial charge < -0.3 is 15.4 Å². The Balaban J connectivity index is 1.90. The monoisotopic (exact) mass is 288 g/mol. The lowest BCUT2D eigenvalue weighted by molar-refractivity contribution is -0.0521. The predicted octanol–water partition coefficient (Wildman–Crippen LogP) is 3.37. The molecule has 0 radical (unpaired) electrons. The Morgan fingerprint density at radius 1 is 1.45 bits per heavy atom. The van der Waals surface area contributed by atoms with Crippen LogP contribution >= 0.6 is 0 Å². The lowest BCUT2D eigenvalue weighted by Crippen LogP contribution is -2.29. The normalized spacial score (nSPS) is 20.1. The highest BCUT2D eigenvalue weighted by molar-refractivity contribution is 5.47. The summed E-state index contributed by atoms with van der Waals surface area (Å²) in [5.41, 5.74) is 0.564. The van der Waals surface area contributed by atoms with Gasteiger partial charge in [-0.05, 0) is 44.9 Å². The SMILES string of the molecule is CC(CC1CCCN1)Nc1ccc(OC(F)F)c(F)c1. The number of rotatable bonds is 6. The standard InChI is InChI=1S/C14H19F3N2O/c1-9(7-10-3-2-6-18-10)19-11-4-5-13(12(15)8-11)20-14(16)17/h4-5,8-10,14,18-19H,2-3,6-7H2,1H3. The fourth-order valence-electron chi connectivity index (χ4n) is 2.51. The Morgan fingerprint density at radius 2 is 2.25 bits per heavy atom. The van der Waals surface area contributed by atoms with Gasteiger partial charge in [0.2, 0.25) is 0 Å². The van der Waals surface area contributed by atoms with Crippen molar-refractivity contribution < 1.29 is 17.9 Å². The summed E-state index contributed by atoms with van der Waals surface area (Å²) in [6.45, 7) is 0.0448. The molecule has 0 saturated carbocycles. The molecular weight excluding hydrogens is 269 g/mol. The van der Waals surface area contributed by atoms with E-state index < -0.39 is 18.2 Å². The van der Waals surface area contributed by atoms with E-state index in [0.717, 1.165) is 19.4 Å². The van der Waals surface area contributed by atoms with Crippen LogP contribution in [0.5, 0.6) is 5.75 Å². The molecule has 1 aliphatic rings. The molecule has 1 aromatic rings. The number of hydrogen-bond acceptors (Lipinski definition) is 3. The molecule has 1 heterocycles. The largest absolute Gasteiger partial charge is 0.432 e. The average Bonchev–Trinajstić information content (AvgIpc) is 2.85. The zero-order valence-corrected chi connectivity index (χ0v) is 11.3. The van der Waals surface area contributed by atoms with Crippen LogP contribution < -0.4 is 15.4 Å². The molecule has 2 atom stereocenters. The van der Waals surface area contributed by atoms with Crippen molar-refractivity contribution in [2.45, 2.75) is 44.9 Å². The van der Waals surface area contributed by atoms with E-state index >= 15 is 0 Å². The van der Waals surface area contributed by atoms with Crippen molar-refractivity contribution in [1.82, 2.24) is 5.32 Å². The molecule has 0 bridgehead atoms. The number of ether oxygens (including phenoxy) is 1.